The molecule has 4 radical (unpaired) electrons. The van der Waals surface area contributed by atoms with Crippen LogP contribution in [0.15, 0.2) is 0 Å². The molecular formula is IrK3. The number of rotatable bonds is 0. The Balaban J connectivity index is 0. The third-order valence-corrected chi connectivity index (χ3v) is 0. The fourth-order valence-electron chi connectivity index (χ4n) is 0. The Bertz CT molecular complexity index is 3.25. The third-order valence-electron chi connectivity index (χ3n) is 0. The van der Waals surface area contributed by atoms with Gasteiger partial charge in [-0.25, -0.2) is 0 Å². The van der Waals surface area contributed by atoms with Gasteiger partial charge in [0.1, 0.15) is 0 Å². The Morgan fingerprint density at radius 2 is 0.500 bits per heavy atom. The first-order chi connectivity index (χ1) is 0. The molecule has 0 bridgehead atoms. The van der Waals surface area contributed by atoms with Crippen LogP contribution in [0.2, 0.25) is 0 Å². The molecule has 0 fully saturated rings. The van der Waals surface area contributed by atoms with Crippen molar-refractivity contribution in [1.29, 1.82) is 0 Å². The van der Waals surface area contributed by atoms with Crippen molar-refractivity contribution < 1.29 is 20.1 Å². The third kappa shape index (κ3) is 10.5. The molecule has 0 aromatic rings. The van der Waals surface area contributed by atoms with Gasteiger partial charge in [-0.2, -0.15) is 0 Å². The van der Waals surface area contributed by atoms with Crippen LogP contribution in [0, 0.1) is 0 Å². The summed E-state index contributed by atoms with van der Waals surface area (Å²) in [7, 11) is 0. The zero-order valence-corrected chi connectivity index (χ0v) is 15.1. The molecule has 0 saturated carbocycles. The van der Waals surface area contributed by atoms with Crippen LogP contribution < -0.4 is 0 Å². The molecule has 0 spiro atoms. The molecule has 0 rings (SSSR count). The molecule has 0 atom stereocenters. The standard InChI is InChI=1S/Ir.3K. The van der Waals surface area contributed by atoms with E-state index in [1.54, 1.807) is 0 Å². The van der Waals surface area contributed by atoms with Crippen molar-refractivity contribution in [3.8, 4) is 0 Å². The molecule has 0 unspecified atom stereocenters. The van der Waals surface area contributed by atoms with E-state index in [4.69, 9.17) is 0 Å². The Kier molecular flexibility index (Phi) is 89.7. The Labute approximate surface area is 168 Å². The van der Waals surface area contributed by atoms with E-state index in [2.05, 4.69) is 0 Å². The average Bonchev–Trinajstić information content (AvgIpc) is 0. The molecule has 4 heavy (non-hydrogen) atoms. The zero-order valence-electron chi connectivity index (χ0n) is 3.33. The summed E-state index contributed by atoms with van der Waals surface area (Å²) >= 11 is 0. The monoisotopic (exact) mass is 310 g/mol. The predicted octanol–water partition coefficient (Wildman–Crippen LogP) is -1.14. The van der Waals surface area contributed by atoms with E-state index < -0.39 is 0 Å². The van der Waals surface area contributed by atoms with Gasteiger partial charge in [-0.05, 0) is 0 Å². The van der Waals surface area contributed by atoms with Gasteiger partial charge in [-0.15, -0.1) is 0 Å². The molecular weight excluding hydrogens is 310 g/mol. The van der Waals surface area contributed by atoms with Crippen molar-refractivity contribution >= 4 is 154 Å². The van der Waals surface area contributed by atoms with Gasteiger partial charge in [0.2, 0.25) is 0 Å². The Morgan fingerprint density at radius 3 is 0.500 bits per heavy atom. The summed E-state index contributed by atoms with van der Waals surface area (Å²) in [6.45, 7) is 0. The van der Waals surface area contributed by atoms with Gasteiger partial charge in [0, 0.05) is 174 Å². The van der Waals surface area contributed by atoms with Gasteiger partial charge in [0.05, 0.1) is 0 Å². The van der Waals surface area contributed by atoms with E-state index in [-0.39, 0.29) is 174 Å². The molecule has 0 nitrogen and oxygen atoms in total. The molecule has 12 valence electrons. The summed E-state index contributed by atoms with van der Waals surface area (Å²) in [5, 5.41) is 0. The van der Waals surface area contributed by atoms with Crippen molar-refractivity contribution in [3.63, 3.8) is 0 Å². The Morgan fingerprint density at radius 1 is 0.500 bits per heavy atom. The quantitative estimate of drug-likeness (QED) is 0.496. The van der Waals surface area contributed by atoms with Crippen LogP contribution in [0.3, 0.4) is 0 Å². The second-order valence-electron chi connectivity index (χ2n) is 0. The van der Waals surface area contributed by atoms with Crippen LogP contribution in [0.5, 0.6) is 0 Å². The van der Waals surface area contributed by atoms with E-state index >= 15 is 0 Å². The fraction of sp³-hybridized carbons (Fsp3) is 0. The van der Waals surface area contributed by atoms with Gasteiger partial charge in [-0.3, -0.25) is 0 Å². The van der Waals surface area contributed by atoms with Crippen LogP contribution in [0.1, 0.15) is 0 Å². The molecule has 0 N–H and O–H groups in total. The summed E-state index contributed by atoms with van der Waals surface area (Å²) in [5.74, 6) is 0. The molecule has 0 aliphatic rings. The van der Waals surface area contributed by atoms with Crippen LogP contribution in [-0.2, 0) is 20.1 Å². The molecule has 0 aliphatic heterocycles. The minimum absolute atomic E-state index is 0. The molecule has 4 heteroatoms. The van der Waals surface area contributed by atoms with E-state index in [0.717, 1.165) is 0 Å². The largest absolute Gasteiger partial charge is 0 e. The maximum absolute atomic E-state index is 0. The fourth-order valence-corrected chi connectivity index (χ4v) is 0. The molecule has 0 saturated heterocycles. The van der Waals surface area contributed by atoms with Crippen molar-refractivity contribution in [3.05, 3.63) is 0 Å². The van der Waals surface area contributed by atoms with E-state index in [1.165, 1.54) is 0 Å². The topological polar surface area (TPSA) is 0 Å². The van der Waals surface area contributed by atoms with E-state index in [0.29, 0.717) is 0 Å². The first kappa shape index (κ1) is 22.7. The van der Waals surface area contributed by atoms with Gasteiger partial charge < -0.3 is 0 Å². The van der Waals surface area contributed by atoms with E-state index in [1.807, 2.05) is 0 Å². The van der Waals surface area contributed by atoms with Crippen LogP contribution in [0.4, 0.5) is 0 Å². The van der Waals surface area contributed by atoms with Gasteiger partial charge in [0.25, 0.3) is 0 Å². The SMILES string of the molecule is [Ir].[K].[K].[K]. The van der Waals surface area contributed by atoms with Crippen molar-refractivity contribution in [2.24, 2.45) is 0 Å². The second-order valence-corrected chi connectivity index (χ2v) is 0. The minimum Gasteiger partial charge on any atom is 0 e. The average molecular weight is 310 g/mol. The molecule has 0 aliphatic carbocycles. The van der Waals surface area contributed by atoms with Crippen LogP contribution >= 0.6 is 0 Å². The summed E-state index contributed by atoms with van der Waals surface area (Å²) in [4.78, 5) is 0. The maximum Gasteiger partial charge on any atom is 0 e. The van der Waals surface area contributed by atoms with Gasteiger partial charge in [-0.1, -0.05) is 0 Å². The van der Waals surface area contributed by atoms with Crippen molar-refractivity contribution in [1.82, 2.24) is 0 Å². The predicted molar refractivity (Wildman–Crippen MR) is 17.3 cm³/mol. The maximum atomic E-state index is 0. The number of hydrogen-bond acceptors (Lipinski definition) is 0. The van der Waals surface area contributed by atoms with Gasteiger partial charge in [0.15, 0.2) is 0 Å². The minimum atomic E-state index is 0. The summed E-state index contributed by atoms with van der Waals surface area (Å²) in [6, 6.07) is 0. The number of hydrogen-bond donors (Lipinski definition) is 0. The van der Waals surface area contributed by atoms with Crippen LogP contribution in [0.25, 0.3) is 0 Å². The van der Waals surface area contributed by atoms with E-state index in [9.17, 15) is 0 Å². The second kappa shape index (κ2) is 15.8. The molecule has 0 aromatic carbocycles. The summed E-state index contributed by atoms with van der Waals surface area (Å²) in [6.07, 6.45) is 0. The van der Waals surface area contributed by atoms with Crippen molar-refractivity contribution in [2.45, 2.75) is 0 Å². The smallest absolute Gasteiger partial charge is 0 e. The van der Waals surface area contributed by atoms with Crippen molar-refractivity contribution in [2.75, 3.05) is 0 Å². The normalized spacial score (nSPS) is 0. The zero-order chi connectivity index (χ0) is 0. The molecule has 0 amide bonds. The van der Waals surface area contributed by atoms with Crippen LogP contribution in [-0.4, -0.2) is 154 Å². The summed E-state index contributed by atoms with van der Waals surface area (Å²) in [5.41, 5.74) is 0. The first-order valence-electron chi connectivity index (χ1n) is 0. The molecule has 0 aromatic heterocycles. The molecule has 0 heterocycles. The Hall–Kier alpha value is 5.56. The summed E-state index contributed by atoms with van der Waals surface area (Å²) < 4.78 is 0. The van der Waals surface area contributed by atoms with Gasteiger partial charge >= 0.3 is 0 Å². The first-order valence-corrected chi connectivity index (χ1v) is 0.